The molecule has 12 heavy (non-hydrogen) atoms. The first-order valence-electron chi connectivity index (χ1n) is 4.37. The van der Waals surface area contributed by atoms with E-state index in [0.717, 1.165) is 18.7 Å². The maximum absolute atomic E-state index is 3.88. The van der Waals surface area contributed by atoms with E-state index in [4.69, 9.17) is 0 Å². The minimum Gasteiger partial charge on any atom is -0.306 e. The fourth-order valence-electron chi connectivity index (χ4n) is 0.843. The Morgan fingerprint density at radius 1 is 1.58 bits per heavy atom. The zero-order valence-electron chi connectivity index (χ0n) is 8.02. The predicted octanol–water partition coefficient (Wildman–Crippen LogP) is 1.69. The summed E-state index contributed by atoms with van der Waals surface area (Å²) in [6, 6.07) is 1.98. The summed E-state index contributed by atoms with van der Waals surface area (Å²) in [7, 11) is 0. The van der Waals surface area contributed by atoms with Crippen molar-refractivity contribution in [2.24, 2.45) is 0 Å². The molecule has 1 aromatic rings. The van der Waals surface area contributed by atoms with E-state index < -0.39 is 0 Å². The molecule has 0 fully saturated rings. The van der Waals surface area contributed by atoms with E-state index >= 15 is 0 Å². The van der Waals surface area contributed by atoms with Crippen LogP contribution in [0.5, 0.6) is 0 Å². The van der Waals surface area contributed by atoms with Gasteiger partial charge in [-0.1, -0.05) is 6.92 Å². The van der Waals surface area contributed by atoms with Crippen LogP contribution in [0.15, 0.2) is 12.3 Å². The second kappa shape index (κ2) is 3.72. The Morgan fingerprint density at radius 2 is 2.33 bits per heavy atom. The lowest BCUT2D eigenvalue weighted by Gasteiger charge is -2.23. The standard InChI is InChI=1S/C9H17N3/c1-4-9(2,3)10-7-8-5-6-11-12-8/h5-6,10H,4,7H2,1-3H3,(H,11,12). The Kier molecular flexibility index (Phi) is 2.87. The molecule has 3 nitrogen and oxygen atoms in total. The number of hydrogen-bond donors (Lipinski definition) is 2. The first-order valence-corrected chi connectivity index (χ1v) is 4.37. The van der Waals surface area contributed by atoms with Crippen molar-refractivity contribution in [2.75, 3.05) is 0 Å². The molecular weight excluding hydrogens is 150 g/mol. The van der Waals surface area contributed by atoms with Crippen molar-refractivity contribution in [3.8, 4) is 0 Å². The number of nitrogens with zero attached hydrogens (tertiary/aromatic N) is 1. The Labute approximate surface area is 73.6 Å². The number of nitrogens with one attached hydrogen (secondary N) is 2. The fourth-order valence-corrected chi connectivity index (χ4v) is 0.843. The highest BCUT2D eigenvalue weighted by molar-refractivity contribution is 4.97. The first kappa shape index (κ1) is 9.26. The smallest absolute Gasteiger partial charge is 0.0490 e. The topological polar surface area (TPSA) is 40.7 Å². The van der Waals surface area contributed by atoms with Gasteiger partial charge in [0.05, 0.1) is 0 Å². The highest BCUT2D eigenvalue weighted by atomic mass is 15.1. The van der Waals surface area contributed by atoms with Gasteiger partial charge in [-0.2, -0.15) is 5.10 Å². The van der Waals surface area contributed by atoms with Gasteiger partial charge in [0.25, 0.3) is 0 Å². The molecule has 0 radical (unpaired) electrons. The van der Waals surface area contributed by atoms with Gasteiger partial charge in [-0.15, -0.1) is 0 Å². The van der Waals surface area contributed by atoms with E-state index in [1.165, 1.54) is 0 Å². The average Bonchev–Trinajstić information content (AvgIpc) is 2.53. The van der Waals surface area contributed by atoms with E-state index in [9.17, 15) is 0 Å². The van der Waals surface area contributed by atoms with Gasteiger partial charge in [0.15, 0.2) is 0 Å². The number of H-pyrrole nitrogens is 1. The maximum atomic E-state index is 3.88. The van der Waals surface area contributed by atoms with Crippen LogP contribution in [0, 0.1) is 0 Å². The van der Waals surface area contributed by atoms with Crippen molar-refractivity contribution in [3.63, 3.8) is 0 Å². The molecule has 0 saturated carbocycles. The zero-order valence-corrected chi connectivity index (χ0v) is 8.02. The summed E-state index contributed by atoms with van der Waals surface area (Å²) < 4.78 is 0. The van der Waals surface area contributed by atoms with Crippen molar-refractivity contribution in [2.45, 2.75) is 39.3 Å². The zero-order chi connectivity index (χ0) is 9.03. The van der Waals surface area contributed by atoms with Gasteiger partial charge in [-0.3, -0.25) is 5.10 Å². The number of rotatable bonds is 4. The molecule has 0 spiro atoms. The molecular formula is C9H17N3. The van der Waals surface area contributed by atoms with Crippen molar-refractivity contribution < 1.29 is 0 Å². The molecule has 1 rings (SSSR count). The molecule has 3 heteroatoms. The monoisotopic (exact) mass is 167 g/mol. The minimum atomic E-state index is 0.213. The lowest BCUT2D eigenvalue weighted by atomic mass is 10.0. The summed E-state index contributed by atoms with van der Waals surface area (Å²) in [5.74, 6) is 0. The Bertz CT molecular complexity index is 214. The van der Waals surface area contributed by atoms with E-state index in [1.807, 2.05) is 6.07 Å². The Morgan fingerprint density at radius 3 is 2.83 bits per heavy atom. The summed E-state index contributed by atoms with van der Waals surface area (Å²) in [4.78, 5) is 0. The van der Waals surface area contributed by atoms with Crippen molar-refractivity contribution in [3.05, 3.63) is 18.0 Å². The van der Waals surface area contributed by atoms with E-state index in [0.29, 0.717) is 0 Å². The normalized spacial score (nSPS) is 11.9. The van der Waals surface area contributed by atoms with Gasteiger partial charge in [0.1, 0.15) is 0 Å². The SMILES string of the molecule is CCC(C)(C)NCc1ccn[nH]1. The molecule has 68 valence electrons. The van der Waals surface area contributed by atoms with Crippen LogP contribution in [0.1, 0.15) is 32.9 Å². The van der Waals surface area contributed by atoms with E-state index in [1.54, 1.807) is 6.20 Å². The van der Waals surface area contributed by atoms with Crippen LogP contribution in [0.2, 0.25) is 0 Å². The van der Waals surface area contributed by atoms with Crippen LogP contribution in [0.4, 0.5) is 0 Å². The van der Waals surface area contributed by atoms with Crippen LogP contribution in [-0.2, 0) is 6.54 Å². The Balaban J connectivity index is 2.36. The summed E-state index contributed by atoms with van der Waals surface area (Å²) in [6.45, 7) is 7.44. The van der Waals surface area contributed by atoms with Gasteiger partial charge in [0, 0.05) is 24.0 Å². The van der Waals surface area contributed by atoms with Gasteiger partial charge < -0.3 is 5.32 Å². The maximum Gasteiger partial charge on any atom is 0.0490 e. The highest BCUT2D eigenvalue weighted by Crippen LogP contribution is 2.07. The van der Waals surface area contributed by atoms with Crippen LogP contribution in [-0.4, -0.2) is 15.7 Å². The van der Waals surface area contributed by atoms with Gasteiger partial charge in [-0.05, 0) is 26.3 Å². The third kappa shape index (κ3) is 2.66. The Hall–Kier alpha value is -0.830. The van der Waals surface area contributed by atoms with Crippen LogP contribution in [0.25, 0.3) is 0 Å². The van der Waals surface area contributed by atoms with Gasteiger partial charge in [0.2, 0.25) is 0 Å². The molecule has 0 saturated heterocycles. The first-order chi connectivity index (χ1) is 5.64. The molecule has 0 aromatic carbocycles. The molecule has 1 aromatic heterocycles. The second-order valence-electron chi connectivity index (χ2n) is 3.67. The minimum absolute atomic E-state index is 0.213. The molecule has 0 aliphatic heterocycles. The van der Waals surface area contributed by atoms with Crippen LogP contribution in [0.3, 0.4) is 0 Å². The fraction of sp³-hybridized carbons (Fsp3) is 0.667. The average molecular weight is 167 g/mol. The molecule has 0 unspecified atom stereocenters. The molecule has 0 atom stereocenters. The summed E-state index contributed by atoms with van der Waals surface area (Å²) in [6.07, 6.45) is 2.90. The van der Waals surface area contributed by atoms with Crippen LogP contribution < -0.4 is 5.32 Å². The largest absolute Gasteiger partial charge is 0.306 e. The van der Waals surface area contributed by atoms with Crippen LogP contribution >= 0.6 is 0 Å². The van der Waals surface area contributed by atoms with Crippen molar-refractivity contribution in [1.82, 2.24) is 15.5 Å². The summed E-state index contributed by atoms with van der Waals surface area (Å²) >= 11 is 0. The predicted molar refractivity (Wildman–Crippen MR) is 49.8 cm³/mol. The molecule has 0 aliphatic rings. The van der Waals surface area contributed by atoms with Gasteiger partial charge >= 0.3 is 0 Å². The third-order valence-electron chi connectivity index (χ3n) is 2.20. The molecule has 0 bridgehead atoms. The van der Waals surface area contributed by atoms with Gasteiger partial charge in [-0.25, -0.2) is 0 Å². The number of hydrogen-bond acceptors (Lipinski definition) is 2. The molecule has 1 heterocycles. The van der Waals surface area contributed by atoms with Crippen molar-refractivity contribution in [1.29, 1.82) is 0 Å². The molecule has 0 aliphatic carbocycles. The number of aromatic nitrogens is 2. The lowest BCUT2D eigenvalue weighted by molar-refractivity contribution is 0.372. The number of aromatic amines is 1. The highest BCUT2D eigenvalue weighted by Gasteiger charge is 2.13. The second-order valence-corrected chi connectivity index (χ2v) is 3.67. The van der Waals surface area contributed by atoms with Crippen molar-refractivity contribution >= 4 is 0 Å². The lowest BCUT2D eigenvalue weighted by Crippen LogP contribution is -2.37. The third-order valence-corrected chi connectivity index (χ3v) is 2.20. The van der Waals surface area contributed by atoms with E-state index in [-0.39, 0.29) is 5.54 Å². The summed E-state index contributed by atoms with van der Waals surface area (Å²) in [5, 5.41) is 10.2. The molecule has 0 amide bonds. The molecule has 2 N–H and O–H groups in total. The summed E-state index contributed by atoms with van der Waals surface area (Å²) in [5.41, 5.74) is 1.35. The van der Waals surface area contributed by atoms with E-state index in [2.05, 4.69) is 36.3 Å². The quantitative estimate of drug-likeness (QED) is 0.716.